The maximum Gasteiger partial charge on any atom is 0.227 e. The van der Waals surface area contributed by atoms with Crippen molar-refractivity contribution in [2.45, 2.75) is 39.0 Å². The molecule has 0 spiro atoms. The van der Waals surface area contributed by atoms with Crippen molar-refractivity contribution in [1.82, 2.24) is 9.97 Å². The molecule has 0 bridgehead atoms. The lowest BCUT2D eigenvalue weighted by atomic mass is 10.1. The molecule has 0 fully saturated rings. The van der Waals surface area contributed by atoms with Crippen LogP contribution in [-0.2, 0) is 12.8 Å². The summed E-state index contributed by atoms with van der Waals surface area (Å²) >= 11 is 0. The van der Waals surface area contributed by atoms with Crippen molar-refractivity contribution in [2.24, 2.45) is 0 Å². The minimum absolute atomic E-state index is 0.290. The summed E-state index contributed by atoms with van der Waals surface area (Å²) in [7, 11) is 1.87. The molecule has 110 valence electrons. The van der Waals surface area contributed by atoms with Crippen LogP contribution in [0.2, 0.25) is 0 Å². The predicted octanol–water partition coefficient (Wildman–Crippen LogP) is 3.92. The fraction of sp³-hybridized carbons (Fsp3) is 0.412. The molecule has 1 aromatic carbocycles. The van der Waals surface area contributed by atoms with Gasteiger partial charge in [-0.1, -0.05) is 19.9 Å². The van der Waals surface area contributed by atoms with E-state index in [9.17, 15) is 0 Å². The monoisotopic (exact) mass is 283 g/mol. The van der Waals surface area contributed by atoms with E-state index in [4.69, 9.17) is 4.74 Å². The first-order chi connectivity index (χ1) is 10.2. The van der Waals surface area contributed by atoms with Crippen molar-refractivity contribution < 1.29 is 4.74 Å². The molecule has 0 saturated heterocycles. The Kier molecular flexibility index (Phi) is 3.78. The van der Waals surface area contributed by atoms with E-state index >= 15 is 0 Å². The second-order valence-electron chi connectivity index (χ2n) is 5.73. The van der Waals surface area contributed by atoms with E-state index < -0.39 is 0 Å². The Morgan fingerprint density at radius 2 is 1.95 bits per heavy atom. The standard InChI is InChI=1S/C17H21N3O/c1-11(2)15-16(18-3)19-10-20-17(15)21-14-8-7-12-5-4-6-13(12)9-14/h7-11H,4-6H2,1-3H3,(H,18,19,20). The molecule has 0 atom stereocenters. The van der Waals surface area contributed by atoms with E-state index in [0.29, 0.717) is 5.88 Å². The highest BCUT2D eigenvalue weighted by Gasteiger charge is 2.17. The van der Waals surface area contributed by atoms with Gasteiger partial charge in [-0.05, 0) is 48.4 Å². The Balaban J connectivity index is 1.94. The largest absolute Gasteiger partial charge is 0.439 e. The van der Waals surface area contributed by atoms with Crippen LogP contribution in [0.1, 0.15) is 42.9 Å². The van der Waals surface area contributed by atoms with Gasteiger partial charge in [0.15, 0.2) is 0 Å². The van der Waals surface area contributed by atoms with Crippen molar-refractivity contribution >= 4 is 5.82 Å². The highest BCUT2D eigenvalue weighted by molar-refractivity contribution is 5.51. The molecule has 0 unspecified atom stereocenters. The number of anilines is 1. The summed E-state index contributed by atoms with van der Waals surface area (Å²) in [5.41, 5.74) is 3.87. The summed E-state index contributed by atoms with van der Waals surface area (Å²) in [5, 5.41) is 3.11. The average Bonchev–Trinajstić information content (AvgIpc) is 2.94. The van der Waals surface area contributed by atoms with Gasteiger partial charge in [0.05, 0.1) is 5.56 Å². The van der Waals surface area contributed by atoms with Gasteiger partial charge in [-0.15, -0.1) is 0 Å². The van der Waals surface area contributed by atoms with Gasteiger partial charge in [0.2, 0.25) is 5.88 Å². The van der Waals surface area contributed by atoms with Gasteiger partial charge < -0.3 is 10.1 Å². The van der Waals surface area contributed by atoms with E-state index in [1.54, 1.807) is 6.33 Å². The van der Waals surface area contributed by atoms with Gasteiger partial charge in [0.1, 0.15) is 17.9 Å². The molecule has 21 heavy (non-hydrogen) atoms. The molecule has 1 aliphatic carbocycles. The van der Waals surface area contributed by atoms with Gasteiger partial charge in [-0.3, -0.25) is 0 Å². The third kappa shape index (κ3) is 2.71. The normalized spacial score (nSPS) is 13.3. The maximum atomic E-state index is 6.05. The fourth-order valence-electron chi connectivity index (χ4n) is 2.90. The summed E-state index contributed by atoms with van der Waals surface area (Å²) in [4.78, 5) is 8.60. The maximum absolute atomic E-state index is 6.05. The molecule has 4 nitrogen and oxygen atoms in total. The number of ether oxygens (including phenoxy) is 1. The average molecular weight is 283 g/mol. The molecule has 0 saturated carbocycles. The van der Waals surface area contributed by atoms with Crippen molar-refractivity contribution in [1.29, 1.82) is 0 Å². The second-order valence-corrected chi connectivity index (χ2v) is 5.73. The molecular formula is C17H21N3O. The van der Waals surface area contributed by atoms with Crippen LogP contribution in [-0.4, -0.2) is 17.0 Å². The van der Waals surface area contributed by atoms with Gasteiger partial charge in [0, 0.05) is 7.05 Å². The number of hydrogen-bond donors (Lipinski definition) is 1. The van der Waals surface area contributed by atoms with Crippen LogP contribution in [0.3, 0.4) is 0 Å². The van der Waals surface area contributed by atoms with E-state index in [1.165, 1.54) is 24.0 Å². The van der Waals surface area contributed by atoms with Crippen molar-refractivity contribution in [3.63, 3.8) is 0 Å². The van der Waals surface area contributed by atoms with Crippen LogP contribution in [0.5, 0.6) is 11.6 Å². The molecule has 1 N–H and O–H groups in total. The van der Waals surface area contributed by atoms with E-state index in [1.807, 2.05) is 13.1 Å². The first-order valence-electron chi connectivity index (χ1n) is 7.51. The summed E-state index contributed by atoms with van der Waals surface area (Å²) in [6.45, 7) is 4.24. The number of nitrogens with one attached hydrogen (secondary N) is 1. The number of aromatic nitrogens is 2. The number of rotatable bonds is 4. The number of nitrogens with zero attached hydrogens (tertiary/aromatic N) is 2. The topological polar surface area (TPSA) is 47.0 Å². The fourth-order valence-corrected chi connectivity index (χ4v) is 2.90. The molecule has 0 amide bonds. The molecule has 1 aliphatic rings. The molecule has 4 heteroatoms. The Morgan fingerprint density at radius 1 is 1.14 bits per heavy atom. The SMILES string of the molecule is CNc1ncnc(Oc2ccc3c(c2)CCC3)c1C(C)C. The van der Waals surface area contributed by atoms with Gasteiger partial charge in [-0.2, -0.15) is 0 Å². The molecule has 3 rings (SSSR count). The molecule has 1 aromatic heterocycles. The van der Waals surface area contributed by atoms with Gasteiger partial charge >= 0.3 is 0 Å². The highest BCUT2D eigenvalue weighted by atomic mass is 16.5. The molecular weight excluding hydrogens is 262 g/mol. The minimum atomic E-state index is 0.290. The summed E-state index contributed by atoms with van der Waals surface area (Å²) in [6.07, 6.45) is 5.12. The minimum Gasteiger partial charge on any atom is -0.439 e. The molecule has 0 radical (unpaired) electrons. The quantitative estimate of drug-likeness (QED) is 0.923. The van der Waals surface area contributed by atoms with E-state index in [2.05, 4.69) is 41.3 Å². The van der Waals surface area contributed by atoms with E-state index in [0.717, 1.165) is 23.6 Å². The molecule has 2 aromatic rings. The number of hydrogen-bond acceptors (Lipinski definition) is 4. The molecule has 1 heterocycles. The van der Waals surface area contributed by atoms with Crippen LogP contribution in [0.15, 0.2) is 24.5 Å². The first kappa shape index (κ1) is 13.9. The zero-order valence-corrected chi connectivity index (χ0v) is 12.8. The Hall–Kier alpha value is -2.10. The van der Waals surface area contributed by atoms with Gasteiger partial charge in [0.25, 0.3) is 0 Å². The third-order valence-electron chi connectivity index (χ3n) is 3.95. The third-order valence-corrected chi connectivity index (χ3v) is 3.95. The molecule has 0 aliphatic heterocycles. The van der Waals surface area contributed by atoms with Crippen molar-refractivity contribution in [3.05, 3.63) is 41.2 Å². The summed E-state index contributed by atoms with van der Waals surface area (Å²) < 4.78 is 6.05. The lowest BCUT2D eigenvalue weighted by Gasteiger charge is -2.16. The van der Waals surface area contributed by atoms with Crippen molar-refractivity contribution in [3.8, 4) is 11.6 Å². The predicted molar refractivity (Wildman–Crippen MR) is 84.2 cm³/mol. The Morgan fingerprint density at radius 3 is 2.71 bits per heavy atom. The lowest BCUT2D eigenvalue weighted by Crippen LogP contribution is -2.04. The van der Waals surface area contributed by atoms with Crippen LogP contribution >= 0.6 is 0 Å². The Labute approximate surface area is 125 Å². The Bertz CT molecular complexity index is 652. The number of aryl methyl sites for hydroxylation is 2. The summed E-state index contributed by atoms with van der Waals surface area (Å²) in [6, 6.07) is 6.36. The lowest BCUT2D eigenvalue weighted by molar-refractivity contribution is 0.451. The second kappa shape index (κ2) is 5.72. The van der Waals surface area contributed by atoms with Crippen LogP contribution in [0, 0.1) is 0 Å². The van der Waals surface area contributed by atoms with Gasteiger partial charge in [-0.25, -0.2) is 9.97 Å². The zero-order chi connectivity index (χ0) is 14.8. The summed E-state index contributed by atoms with van der Waals surface area (Å²) in [5.74, 6) is 2.62. The van der Waals surface area contributed by atoms with Crippen molar-refractivity contribution in [2.75, 3.05) is 12.4 Å². The van der Waals surface area contributed by atoms with Crippen LogP contribution in [0.4, 0.5) is 5.82 Å². The zero-order valence-electron chi connectivity index (χ0n) is 12.8. The van der Waals surface area contributed by atoms with Crippen LogP contribution in [0.25, 0.3) is 0 Å². The first-order valence-corrected chi connectivity index (χ1v) is 7.51. The number of fused-ring (bicyclic) bond motifs is 1. The smallest absolute Gasteiger partial charge is 0.227 e. The highest BCUT2D eigenvalue weighted by Crippen LogP contribution is 2.34. The van der Waals surface area contributed by atoms with Crippen LogP contribution < -0.4 is 10.1 Å². The van der Waals surface area contributed by atoms with E-state index in [-0.39, 0.29) is 5.92 Å². The number of benzene rings is 1.